The molecule has 7 heteroatoms. The van der Waals surface area contributed by atoms with Crippen molar-refractivity contribution in [3.63, 3.8) is 0 Å². The van der Waals surface area contributed by atoms with E-state index in [-0.39, 0.29) is 21.1 Å². The second kappa shape index (κ2) is 4460. The van der Waals surface area contributed by atoms with Gasteiger partial charge in [0.1, 0.15) is 0 Å². The van der Waals surface area contributed by atoms with Crippen molar-refractivity contribution in [3.05, 3.63) is 45.9 Å². The summed E-state index contributed by atoms with van der Waals surface area (Å²) in [5, 5.41) is 7.51. The van der Waals surface area contributed by atoms with Crippen molar-refractivity contribution in [1.29, 1.82) is 5.26 Å². The number of nitrogens with zero attached hydrogens (tertiary/aromatic N) is 1. The molecule has 0 aliphatic heterocycles. The molecule has 0 saturated carbocycles. The quantitative estimate of drug-likeness (QED) is 0.274. The first-order chi connectivity index (χ1) is 6.91. The third-order valence-electron chi connectivity index (χ3n) is 0.0913. The van der Waals surface area contributed by atoms with Crippen LogP contribution in [0.2, 0.25) is 0 Å². The molecule has 0 heterocycles. The van der Waals surface area contributed by atoms with Crippen LogP contribution >= 0.6 is 0 Å². The topological polar surface area (TPSA) is 123 Å². The summed E-state index contributed by atoms with van der Waals surface area (Å²) in [5.41, 5.74) is 0. The summed E-state index contributed by atoms with van der Waals surface area (Å²) in [7, 11) is 0. The van der Waals surface area contributed by atoms with Crippen molar-refractivity contribution >= 4 is 0 Å². The van der Waals surface area contributed by atoms with Gasteiger partial charge in [-0.1, -0.05) is 6.58 Å². The summed E-state index contributed by atoms with van der Waals surface area (Å²) < 4.78 is 37.5. The Morgan fingerprint density at radius 1 is 0.800 bits per heavy atom. The van der Waals surface area contributed by atoms with Gasteiger partial charge in [-0.15, -0.1) is 0 Å². The van der Waals surface area contributed by atoms with Gasteiger partial charge in [0.05, 0.1) is 6.07 Å². The molecule has 0 atom stereocenters. The Hall–Kier alpha value is -1.38. The van der Waals surface area contributed by atoms with E-state index in [2.05, 4.69) is 39.8 Å². The molecular weight excluding hydrogens is 286 g/mol. The van der Waals surface area contributed by atoms with E-state index in [0.29, 0.717) is 0 Å². The molecule has 0 aromatic carbocycles. The smallest absolute Gasteiger partial charge is 0 e. The van der Waals surface area contributed by atoms with Gasteiger partial charge in [0.15, 0.2) is 0 Å². The van der Waals surface area contributed by atoms with Gasteiger partial charge in [0.2, 0.25) is 0 Å². The summed E-state index contributed by atoms with van der Waals surface area (Å²) >= 11 is 0. The zero-order valence-corrected chi connectivity index (χ0v) is 9.19. The molecule has 0 N–H and O–H groups in total. The van der Waals surface area contributed by atoms with Gasteiger partial charge in [-0.05, 0) is 0 Å². The third-order valence-corrected chi connectivity index (χ3v) is 0.0913. The summed E-state index contributed by atoms with van der Waals surface area (Å²) in [6.45, 7) is 25.6. The van der Waals surface area contributed by atoms with Crippen molar-refractivity contribution < 1.29 is 44.3 Å². The Morgan fingerprint density at radius 2 is 0.867 bits per heavy atom. The zero-order chi connectivity index (χ0) is 13.4. The second-order valence-electron chi connectivity index (χ2n) is 0.333. The van der Waals surface area contributed by atoms with Crippen LogP contribution in [-0.2, 0) is 44.3 Å². The van der Waals surface area contributed by atoms with Crippen molar-refractivity contribution in [2.24, 2.45) is 0 Å². The van der Waals surface area contributed by atoms with Gasteiger partial charge in [0.25, 0.3) is 0 Å². The first-order valence-corrected chi connectivity index (χ1v) is 1.94. The van der Waals surface area contributed by atoms with Gasteiger partial charge in [-0.25, -0.2) is 0 Å². The largest absolute Gasteiger partial charge is 0 e. The average molecular weight is 289 g/mol. The first-order valence-electron chi connectivity index (χ1n) is 1.94. The van der Waals surface area contributed by atoms with Crippen molar-refractivity contribution in [1.82, 2.24) is 0 Å². The molecule has 0 bridgehead atoms. The van der Waals surface area contributed by atoms with Crippen LogP contribution in [0.15, 0.2) is 12.7 Å². The fourth-order valence-corrected chi connectivity index (χ4v) is 0. The minimum atomic E-state index is 0. The third kappa shape index (κ3) is 9770. The number of nitriles is 1. The number of hydrogen-bond acceptors (Lipinski definition) is 1. The fourth-order valence-electron chi connectivity index (χ4n) is 0. The molecule has 0 fully saturated rings. The fraction of sp³-hybridized carbons (Fsp3) is 0. The van der Waals surface area contributed by atoms with Crippen molar-refractivity contribution in [2.45, 2.75) is 0 Å². The Bertz CT molecular complexity index is 173. The van der Waals surface area contributed by atoms with E-state index < -0.39 is 0 Å². The van der Waals surface area contributed by atoms with E-state index in [9.17, 15) is 0 Å². The molecule has 0 aliphatic rings. The van der Waals surface area contributed by atoms with Gasteiger partial charge < -0.3 is 0 Å². The molecule has 0 unspecified atom stereocenters. The molecule has 76 valence electrons. The Balaban J connectivity index is -0.0000000105. The van der Waals surface area contributed by atoms with Gasteiger partial charge in [-0.3, -0.25) is 0 Å². The van der Waals surface area contributed by atoms with Gasteiger partial charge >= 0.3 is 56.5 Å². The molecule has 15 heavy (non-hydrogen) atoms. The van der Waals surface area contributed by atoms with E-state index in [0.717, 1.165) is 0 Å². The normalized spacial score (nSPS) is 1.67. The summed E-state index contributed by atoms with van der Waals surface area (Å²) in [5.74, 6) is 0. The SMILES string of the molecule is C=CC#N.[C-]#[O+].[C-]#[O+].[C-]#[O+].[C-]#[O+].[C-]#[O+].[Mo]. The number of hydrogen-bond donors (Lipinski definition) is 0. The second-order valence-corrected chi connectivity index (χ2v) is 0.333. The molecular formula is C8H3MoNO5. The average Bonchev–Trinajstić information content (AvgIpc) is 2.41. The van der Waals surface area contributed by atoms with Crippen LogP contribution in [-0.4, -0.2) is 0 Å². The van der Waals surface area contributed by atoms with Crippen LogP contribution in [0.1, 0.15) is 0 Å². The van der Waals surface area contributed by atoms with Crippen LogP contribution in [0, 0.1) is 44.6 Å². The van der Waals surface area contributed by atoms with Crippen molar-refractivity contribution in [2.75, 3.05) is 0 Å². The Kier molecular flexibility index (Phi) is 14700. The van der Waals surface area contributed by atoms with E-state index >= 15 is 0 Å². The summed E-state index contributed by atoms with van der Waals surface area (Å²) in [6, 6.07) is 1.69. The molecule has 0 aromatic heterocycles. The minimum absolute atomic E-state index is 0. The van der Waals surface area contributed by atoms with E-state index in [1.54, 1.807) is 6.07 Å². The molecule has 0 rings (SSSR count). The monoisotopic (exact) mass is 291 g/mol. The summed E-state index contributed by atoms with van der Waals surface area (Å²) in [4.78, 5) is 0. The Labute approximate surface area is 102 Å². The predicted octanol–water partition coefficient (Wildman–Crippen LogP) is 0.506. The maximum absolute atomic E-state index is 7.51. The van der Waals surface area contributed by atoms with Crippen LogP contribution < -0.4 is 0 Å². The van der Waals surface area contributed by atoms with E-state index in [1.807, 2.05) is 0 Å². The first kappa shape index (κ1) is 49.5. The zero-order valence-electron chi connectivity index (χ0n) is 7.18. The van der Waals surface area contributed by atoms with Crippen molar-refractivity contribution in [3.8, 4) is 6.07 Å². The van der Waals surface area contributed by atoms with E-state index in [1.165, 1.54) is 6.08 Å². The van der Waals surface area contributed by atoms with E-state index in [4.69, 9.17) is 28.5 Å². The minimum Gasteiger partial charge on any atom is 0 e. The molecule has 0 aromatic rings. The molecule has 0 spiro atoms. The molecule has 0 aliphatic carbocycles. The molecule has 0 radical (unpaired) electrons. The molecule has 0 amide bonds. The standard InChI is InChI=1S/C3H3N.5CO.Mo/c1-2-3-4;5*1-2;/h2H,1H2;;;;;;. The van der Waals surface area contributed by atoms with Crippen LogP contribution in [0.25, 0.3) is 0 Å². The maximum atomic E-state index is 7.51. The molecule has 6 nitrogen and oxygen atoms in total. The van der Waals surface area contributed by atoms with Gasteiger partial charge in [-0.2, -0.15) is 5.26 Å². The number of allylic oxidation sites excluding steroid dienone is 1. The molecule has 0 saturated heterocycles. The van der Waals surface area contributed by atoms with Gasteiger partial charge in [0, 0.05) is 27.1 Å². The van der Waals surface area contributed by atoms with Crippen LogP contribution in [0.5, 0.6) is 0 Å². The van der Waals surface area contributed by atoms with Crippen LogP contribution in [0.4, 0.5) is 0 Å². The van der Waals surface area contributed by atoms with Crippen LogP contribution in [0.3, 0.4) is 0 Å². The summed E-state index contributed by atoms with van der Waals surface area (Å²) in [6.07, 6.45) is 1.18. The number of rotatable bonds is 0. The maximum Gasteiger partial charge on any atom is 0 e. The Morgan fingerprint density at radius 3 is 0.867 bits per heavy atom. The predicted molar refractivity (Wildman–Crippen MR) is 35.5 cm³/mol.